The van der Waals surface area contributed by atoms with Gasteiger partial charge in [0, 0.05) is 18.1 Å². The van der Waals surface area contributed by atoms with Crippen LogP contribution in [0.15, 0.2) is 77.5 Å². The monoisotopic (exact) mass is 483 g/mol. The number of aliphatic hydroxyl groups is 1. The number of methoxy groups -OCH3 is 1. The zero-order valence-corrected chi connectivity index (χ0v) is 18.5. The van der Waals surface area contributed by atoms with Crippen LogP contribution in [0, 0.1) is 5.82 Å². The number of sulfonamides is 1. The van der Waals surface area contributed by atoms with E-state index < -0.39 is 39.3 Å². The molecule has 1 unspecified atom stereocenters. The predicted octanol–water partition coefficient (Wildman–Crippen LogP) is 2.50. The Morgan fingerprint density at radius 1 is 1.09 bits per heavy atom. The Bertz CT molecular complexity index is 1420. The van der Waals surface area contributed by atoms with Crippen molar-refractivity contribution in [2.45, 2.75) is 10.9 Å². The fraction of sp³-hybridized carbons (Fsp3) is 0.0870. The van der Waals surface area contributed by atoms with E-state index in [2.05, 4.69) is 4.98 Å². The van der Waals surface area contributed by atoms with Gasteiger partial charge in [0.1, 0.15) is 17.3 Å². The second kappa shape index (κ2) is 8.69. The van der Waals surface area contributed by atoms with Gasteiger partial charge in [-0.05, 0) is 60.2 Å². The molecule has 1 amide bonds. The van der Waals surface area contributed by atoms with Gasteiger partial charge in [-0.25, -0.2) is 17.9 Å². The number of hydrogen-bond acceptors (Lipinski definition) is 7. The number of rotatable bonds is 5. The number of hydrogen-bond donors (Lipinski definition) is 2. The molecule has 2 heterocycles. The molecule has 1 saturated heterocycles. The van der Waals surface area contributed by atoms with Crippen LogP contribution in [0.3, 0.4) is 0 Å². The molecule has 0 radical (unpaired) electrons. The van der Waals surface area contributed by atoms with Gasteiger partial charge in [-0.1, -0.05) is 0 Å². The molecule has 174 valence electrons. The van der Waals surface area contributed by atoms with Gasteiger partial charge in [0.25, 0.3) is 11.7 Å². The number of aliphatic hydroxyl groups excluding tert-OH is 1. The van der Waals surface area contributed by atoms with Gasteiger partial charge in [0.15, 0.2) is 0 Å². The Morgan fingerprint density at radius 2 is 1.74 bits per heavy atom. The summed E-state index contributed by atoms with van der Waals surface area (Å²) in [4.78, 5) is 31.1. The maximum absolute atomic E-state index is 14.0. The summed E-state index contributed by atoms with van der Waals surface area (Å²) in [6, 6.07) is 10.4. The largest absolute Gasteiger partial charge is 0.507 e. The summed E-state index contributed by atoms with van der Waals surface area (Å²) in [5.41, 5.74) is 0.211. The third-order valence-corrected chi connectivity index (χ3v) is 6.26. The number of anilines is 1. The Balaban J connectivity index is 1.95. The first-order valence-corrected chi connectivity index (χ1v) is 11.4. The number of primary sulfonamides is 1. The van der Waals surface area contributed by atoms with Gasteiger partial charge in [-0.3, -0.25) is 19.5 Å². The molecule has 0 saturated carbocycles. The average molecular weight is 483 g/mol. The normalized spacial score (nSPS) is 17.7. The van der Waals surface area contributed by atoms with E-state index in [1.807, 2.05) is 0 Å². The Morgan fingerprint density at radius 3 is 2.32 bits per heavy atom. The van der Waals surface area contributed by atoms with Crippen molar-refractivity contribution in [1.82, 2.24) is 4.98 Å². The molecule has 1 aliphatic heterocycles. The number of halogens is 1. The molecule has 1 aliphatic rings. The molecule has 2 aromatic carbocycles. The Hall–Kier alpha value is -4.09. The molecule has 0 spiro atoms. The molecule has 0 aliphatic carbocycles. The smallest absolute Gasteiger partial charge is 0.300 e. The van der Waals surface area contributed by atoms with Crippen LogP contribution < -0.4 is 14.8 Å². The van der Waals surface area contributed by atoms with Crippen molar-refractivity contribution < 1.29 is 32.2 Å². The lowest BCUT2D eigenvalue weighted by Crippen LogP contribution is -2.29. The van der Waals surface area contributed by atoms with Crippen molar-refractivity contribution in [2.24, 2.45) is 5.14 Å². The number of ether oxygens (including phenoxy) is 1. The van der Waals surface area contributed by atoms with E-state index >= 15 is 0 Å². The molecule has 34 heavy (non-hydrogen) atoms. The van der Waals surface area contributed by atoms with Crippen molar-refractivity contribution in [2.75, 3.05) is 12.0 Å². The van der Waals surface area contributed by atoms with Crippen LogP contribution in [-0.2, 0) is 19.6 Å². The zero-order valence-electron chi connectivity index (χ0n) is 17.7. The Labute approximate surface area is 194 Å². The summed E-state index contributed by atoms with van der Waals surface area (Å²) >= 11 is 0. The van der Waals surface area contributed by atoms with Gasteiger partial charge in [-0.2, -0.15) is 0 Å². The first kappa shape index (κ1) is 23.1. The lowest BCUT2D eigenvalue weighted by molar-refractivity contribution is -0.132. The van der Waals surface area contributed by atoms with Gasteiger partial charge in [-0.15, -0.1) is 0 Å². The standard InChI is InChI=1S/C23H18FN3O6S/c1-33-18-7-2-14(24)12-17(18)21(28)19-20(13-8-10-26-11-9-13)27(23(30)22(19)29)15-3-5-16(6-4-15)34(25,31)32/h2-12,20,28H,1H3,(H2,25,31,32)/b21-19+. The van der Waals surface area contributed by atoms with Gasteiger partial charge in [0.2, 0.25) is 10.0 Å². The van der Waals surface area contributed by atoms with Crippen LogP contribution in [0.4, 0.5) is 10.1 Å². The van der Waals surface area contributed by atoms with Crippen LogP contribution in [0.5, 0.6) is 5.75 Å². The summed E-state index contributed by atoms with van der Waals surface area (Å²) < 4.78 is 42.4. The first-order valence-electron chi connectivity index (χ1n) is 9.81. The number of carbonyl (C=O) groups is 2. The number of benzene rings is 2. The van der Waals surface area contributed by atoms with E-state index in [4.69, 9.17) is 9.88 Å². The molecule has 1 aromatic heterocycles. The molecule has 3 N–H and O–H groups in total. The second-order valence-corrected chi connectivity index (χ2v) is 8.89. The number of nitrogens with zero attached hydrogens (tertiary/aromatic N) is 2. The molecule has 3 aromatic rings. The lowest BCUT2D eigenvalue weighted by atomic mass is 9.95. The molecule has 4 rings (SSSR count). The van der Waals surface area contributed by atoms with Crippen LogP contribution in [0.25, 0.3) is 5.76 Å². The highest BCUT2D eigenvalue weighted by atomic mass is 32.2. The number of Topliss-reactive ketones (excluding diaryl/α,β-unsaturated/α-hetero) is 1. The van der Waals surface area contributed by atoms with Crippen LogP contribution in [0.2, 0.25) is 0 Å². The maximum atomic E-state index is 14.0. The van der Waals surface area contributed by atoms with Gasteiger partial charge in [0.05, 0.1) is 29.2 Å². The maximum Gasteiger partial charge on any atom is 0.300 e. The predicted molar refractivity (Wildman–Crippen MR) is 120 cm³/mol. The fourth-order valence-electron chi connectivity index (χ4n) is 3.77. The molecular formula is C23H18FN3O6S. The van der Waals surface area contributed by atoms with Crippen molar-refractivity contribution >= 4 is 33.2 Å². The molecule has 1 fully saturated rings. The highest BCUT2D eigenvalue weighted by Crippen LogP contribution is 2.43. The van der Waals surface area contributed by atoms with Crippen LogP contribution >= 0.6 is 0 Å². The minimum atomic E-state index is -3.98. The minimum Gasteiger partial charge on any atom is -0.507 e. The van der Waals surface area contributed by atoms with Crippen molar-refractivity contribution in [1.29, 1.82) is 0 Å². The third kappa shape index (κ3) is 4.02. The minimum absolute atomic E-state index is 0.0936. The van der Waals surface area contributed by atoms with Crippen molar-refractivity contribution in [3.63, 3.8) is 0 Å². The number of nitrogens with two attached hydrogens (primary N) is 1. The van der Waals surface area contributed by atoms with E-state index in [0.717, 1.165) is 17.0 Å². The third-order valence-electron chi connectivity index (χ3n) is 5.33. The van der Waals surface area contributed by atoms with E-state index in [1.165, 1.54) is 49.8 Å². The van der Waals surface area contributed by atoms with E-state index in [0.29, 0.717) is 5.56 Å². The van der Waals surface area contributed by atoms with E-state index in [-0.39, 0.29) is 27.5 Å². The average Bonchev–Trinajstić information content (AvgIpc) is 3.09. The summed E-state index contributed by atoms with van der Waals surface area (Å²) in [5, 5.41) is 16.3. The number of carbonyl (C=O) groups excluding carboxylic acids is 2. The molecule has 9 nitrogen and oxygen atoms in total. The summed E-state index contributed by atoms with van der Waals surface area (Å²) in [5.74, 6) is -3.20. The van der Waals surface area contributed by atoms with Crippen molar-refractivity contribution in [3.8, 4) is 5.75 Å². The fourth-order valence-corrected chi connectivity index (χ4v) is 4.28. The summed E-state index contributed by atoms with van der Waals surface area (Å²) in [7, 11) is -2.67. The second-order valence-electron chi connectivity index (χ2n) is 7.33. The highest BCUT2D eigenvalue weighted by Gasteiger charge is 2.47. The summed E-state index contributed by atoms with van der Waals surface area (Å²) in [6.45, 7) is 0. The molecule has 11 heteroatoms. The molecule has 1 atom stereocenters. The topological polar surface area (TPSA) is 140 Å². The van der Waals surface area contributed by atoms with E-state index in [1.54, 1.807) is 12.1 Å². The van der Waals surface area contributed by atoms with E-state index in [9.17, 15) is 27.5 Å². The number of amides is 1. The van der Waals surface area contributed by atoms with Gasteiger partial charge < -0.3 is 9.84 Å². The number of ketones is 1. The number of aromatic nitrogens is 1. The van der Waals surface area contributed by atoms with Crippen LogP contribution in [-0.4, -0.2) is 37.3 Å². The number of pyridine rings is 1. The van der Waals surface area contributed by atoms with Gasteiger partial charge >= 0.3 is 0 Å². The van der Waals surface area contributed by atoms with Crippen molar-refractivity contribution in [3.05, 3.63) is 89.5 Å². The molecule has 0 bridgehead atoms. The van der Waals surface area contributed by atoms with Crippen LogP contribution in [0.1, 0.15) is 17.2 Å². The zero-order chi connectivity index (χ0) is 24.6. The first-order chi connectivity index (χ1) is 16.1. The SMILES string of the molecule is COc1ccc(F)cc1/C(O)=C1\C(=O)C(=O)N(c2ccc(S(N)(=O)=O)cc2)C1c1ccncc1. The Kier molecular flexibility index (Phi) is 5.90. The molecular weight excluding hydrogens is 465 g/mol. The lowest BCUT2D eigenvalue weighted by Gasteiger charge is -2.25. The summed E-state index contributed by atoms with van der Waals surface area (Å²) in [6.07, 6.45) is 2.89. The quantitative estimate of drug-likeness (QED) is 0.323. The highest BCUT2D eigenvalue weighted by molar-refractivity contribution is 7.89.